The maximum Gasteiger partial charge on any atom is 0.135 e. The third-order valence-corrected chi connectivity index (χ3v) is 6.04. The van der Waals surface area contributed by atoms with E-state index in [-0.39, 0.29) is 0 Å². The Kier molecular flexibility index (Phi) is 3.39. The van der Waals surface area contributed by atoms with Crippen LogP contribution in [0.25, 0.3) is 0 Å². The van der Waals surface area contributed by atoms with Crippen LogP contribution in [0.5, 0.6) is 0 Å². The Morgan fingerprint density at radius 1 is 0.957 bits per heavy atom. The minimum absolute atomic E-state index is 0.641. The molecule has 4 heteroatoms. The standard InChI is InChI=1S/C19H26N4/c1-2-4-15-12-23(11-14(15)3-1)19-16-7-9-20-10-8-17(16)21-18(22-19)13-5-6-13/h1-2,13-15,20H,3-12H2/t14-,15+. The smallest absolute Gasteiger partial charge is 0.135 e. The molecule has 2 aliphatic heterocycles. The van der Waals surface area contributed by atoms with E-state index >= 15 is 0 Å². The number of allylic oxidation sites excluding steroid dienone is 2. The van der Waals surface area contributed by atoms with Crippen molar-refractivity contribution < 1.29 is 0 Å². The predicted octanol–water partition coefficient (Wildman–Crippen LogP) is 2.44. The quantitative estimate of drug-likeness (QED) is 0.852. The van der Waals surface area contributed by atoms with Gasteiger partial charge in [-0.05, 0) is 50.5 Å². The van der Waals surface area contributed by atoms with Crippen LogP contribution in [0.4, 0.5) is 5.82 Å². The lowest BCUT2D eigenvalue weighted by Crippen LogP contribution is -2.25. The Morgan fingerprint density at radius 3 is 2.43 bits per heavy atom. The van der Waals surface area contributed by atoms with Gasteiger partial charge in [-0.25, -0.2) is 9.97 Å². The zero-order valence-corrected chi connectivity index (χ0v) is 13.8. The van der Waals surface area contributed by atoms with Gasteiger partial charge in [-0.3, -0.25) is 0 Å². The van der Waals surface area contributed by atoms with Crippen molar-refractivity contribution in [1.29, 1.82) is 0 Å². The predicted molar refractivity (Wildman–Crippen MR) is 91.9 cm³/mol. The van der Waals surface area contributed by atoms with E-state index in [0.717, 1.165) is 43.6 Å². The molecule has 4 nitrogen and oxygen atoms in total. The monoisotopic (exact) mass is 310 g/mol. The van der Waals surface area contributed by atoms with Gasteiger partial charge in [0, 0.05) is 37.5 Å². The fraction of sp³-hybridized carbons (Fsp3) is 0.684. The molecule has 0 unspecified atom stereocenters. The van der Waals surface area contributed by atoms with E-state index in [1.54, 1.807) is 0 Å². The number of rotatable bonds is 2. The van der Waals surface area contributed by atoms with E-state index in [0.29, 0.717) is 5.92 Å². The minimum atomic E-state index is 0.641. The summed E-state index contributed by atoms with van der Waals surface area (Å²) < 4.78 is 0. The van der Waals surface area contributed by atoms with Crippen LogP contribution in [-0.4, -0.2) is 36.1 Å². The van der Waals surface area contributed by atoms with Crippen molar-refractivity contribution in [3.05, 3.63) is 29.2 Å². The maximum absolute atomic E-state index is 5.10. The molecule has 1 aromatic heterocycles. The highest BCUT2D eigenvalue weighted by Crippen LogP contribution is 2.41. The lowest BCUT2D eigenvalue weighted by Gasteiger charge is -2.23. The van der Waals surface area contributed by atoms with Crippen molar-refractivity contribution in [3.8, 4) is 0 Å². The third kappa shape index (κ3) is 2.57. The second-order valence-electron chi connectivity index (χ2n) is 7.72. The van der Waals surface area contributed by atoms with Crippen molar-refractivity contribution >= 4 is 5.82 Å². The molecule has 1 N–H and O–H groups in total. The molecule has 23 heavy (non-hydrogen) atoms. The number of aromatic nitrogens is 2. The van der Waals surface area contributed by atoms with Crippen LogP contribution in [0.3, 0.4) is 0 Å². The Balaban J connectivity index is 1.52. The molecule has 1 saturated heterocycles. The van der Waals surface area contributed by atoms with Gasteiger partial charge in [0.2, 0.25) is 0 Å². The highest BCUT2D eigenvalue weighted by atomic mass is 15.2. The molecule has 2 aliphatic carbocycles. The summed E-state index contributed by atoms with van der Waals surface area (Å²) in [7, 11) is 0. The first kappa shape index (κ1) is 14.0. The van der Waals surface area contributed by atoms with Crippen molar-refractivity contribution in [3.63, 3.8) is 0 Å². The van der Waals surface area contributed by atoms with Gasteiger partial charge in [0.15, 0.2) is 0 Å². The molecule has 1 aromatic rings. The highest BCUT2D eigenvalue weighted by Gasteiger charge is 2.36. The lowest BCUT2D eigenvalue weighted by molar-refractivity contribution is 0.411. The normalized spacial score (nSPS) is 30.0. The summed E-state index contributed by atoms with van der Waals surface area (Å²) in [6.07, 6.45) is 12.0. The number of nitrogens with zero attached hydrogens (tertiary/aromatic N) is 3. The van der Waals surface area contributed by atoms with Crippen LogP contribution in [-0.2, 0) is 12.8 Å². The zero-order valence-electron chi connectivity index (χ0n) is 13.8. The van der Waals surface area contributed by atoms with E-state index in [2.05, 4.69) is 22.4 Å². The van der Waals surface area contributed by atoms with Crippen LogP contribution in [0.2, 0.25) is 0 Å². The van der Waals surface area contributed by atoms with Gasteiger partial charge in [-0.1, -0.05) is 12.2 Å². The van der Waals surface area contributed by atoms with Crippen LogP contribution in [0.15, 0.2) is 12.2 Å². The van der Waals surface area contributed by atoms with Gasteiger partial charge in [0.1, 0.15) is 11.6 Å². The fourth-order valence-electron chi connectivity index (χ4n) is 4.52. The molecular formula is C19H26N4. The molecule has 3 heterocycles. The number of hydrogen-bond acceptors (Lipinski definition) is 4. The van der Waals surface area contributed by atoms with Crippen LogP contribution in [0, 0.1) is 11.8 Å². The lowest BCUT2D eigenvalue weighted by atomic mass is 9.86. The fourth-order valence-corrected chi connectivity index (χ4v) is 4.52. The van der Waals surface area contributed by atoms with Crippen LogP contribution >= 0.6 is 0 Å². The largest absolute Gasteiger partial charge is 0.356 e. The molecule has 0 spiro atoms. The first-order valence-corrected chi connectivity index (χ1v) is 9.39. The van der Waals surface area contributed by atoms with Gasteiger partial charge >= 0.3 is 0 Å². The van der Waals surface area contributed by atoms with E-state index in [1.165, 1.54) is 55.8 Å². The average molecular weight is 310 g/mol. The third-order valence-electron chi connectivity index (χ3n) is 6.04. The molecule has 0 amide bonds. The minimum Gasteiger partial charge on any atom is -0.356 e. The summed E-state index contributed by atoms with van der Waals surface area (Å²) in [6.45, 7) is 4.50. The SMILES string of the molecule is C1=CC[C@H]2CN(c3nc(C4CC4)nc4c3CCNCC4)C[C@H]2C1. The van der Waals surface area contributed by atoms with Crippen LogP contribution in [0.1, 0.15) is 48.7 Å². The van der Waals surface area contributed by atoms with Gasteiger partial charge in [0.25, 0.3) is 0 Å². The molecular weight excluding hydrogens is 284 g/mol. The summed E-state index contributed by atoms with van der Waals surface area (Å²) in [5.74, 6) is 4.73. The van der Waals surface area contributed by atoms with E-state index in [1.807, 2.05) is 0 Å². The molecule has 122 valence electrons. The molecule has 4 aliphatic rings. The summed E-state index contributed by atoms with van der Waals surface area (Å²) in [4.78, 5) is 12.7. The number of anilines is 1. The van der Waals surface area contributed by atoms with Crippen molar-refractivity contribution in [2.75, 3.05) is 31.1 Å². The van der Waals surface area contributed by atoms with Crippen LogP contribution < -0.4 is 10.2 Å². The Bertz CT molecular complexity index is 619. The molecule has 2 atom stereocenters. The van der Waals surface area contributed by atoms with Crippen molar-refractivity contribution in [1.82, 2.24) is 15.3 Å². The first-order valence-electron chi connectivity index (χ1n) is 9.39. The van der Waals surface area contributed by atoms with Gasteiger partial charge in [0.05, 0.1) is 5.69 Å². The Labute approximate surface area is 138 Å². The number of fused-ring (bicyclic) bond motifs is 2. The Morgan fingerprint density at radius 2 is 1.70 bits per heavy atom. The van der Waals surface area contributed by atoms with E-state index in [4.69, 9.17) is 9.97 Å². The van der Waals surface area contributed by atoms with Gasteiger partial charge < -0.3 is 10.2 Å². The van der Waals surface area contributed by atoms with Crippen molar-refractivity contribution in [2.24, 2.45) is 11.8 Å². The second-order valence-corrected chi connectivity index (χ2v) is 7.72. The number of hydrogen-bond donors (Lipinski definition) is 1. The number of nitrogens with one attached hydrogen (secondary N) is 1. The molecule has 5 rings (SSSR count). The summed E-state index contributed by atoms with van der Waals surface area (Å²) in [5.41, 5.74) is 2.76. The molecule has 0 aromatic carbocycles. The van der Waals surface area contributed by atoms with E-state index in [9.17, 15) is 0 Å². The molecule has 2 fully saturated rings. The molecule has 1 saturated carbocycles. The van der Waals surface area contributed by atoms with Crippen molar-refractivity contribution in [2.45, 2.75) is 44.4 Å². The summed E-state index contributed by atoms with van der Waals surface area (Å²) >= 11 is 0. The zero-order chi connectivity index (χ0) is 15.2. The van der Waals surface area contributed by atoms with Gasteiger partial charge in [-0.15, -0.1) is 0 Å². The maximum atomic E-state index is 5.10. The van der Waals surface area contributed by atoms with Gasteiger partial charge in [-0.2, -0.15) is 0 Å². The summed E-state index contributed by atoms with van der Waals surface area (Å²) in [6, 6.07) is 0. The molecule has 0 radical (unpaired) electrons. The topological polar surface area (TPSA) is 41.1 Å². The molecule has 0 bridgehead atoms. The Hall–Kier alpha value is -1.42. The highest BCUT2D eigenvalue weighted by molar-refractivity contribution is 5.52. The average Bonchev–Trinajstić information content (AvgIpc) is 3.36. The first-order chi connectivity index (χ1) is 11.4. The van der Waals surface area contributed by atoms with E-state index < -0.39 is 0 Å². The summed E-state index contributed by atoms with van der Waals surface area (Å²) in [5, 5.41) is 3.53. The second kappa shape index (κ2) is 5.59.